The van der Waals surface area contributed by atoms with Gasteiger partial charge in [0.25, 0.3) is 0 Å². The Balaban J connectivity index is 2.27. The van der Waals surface area contributed by atoms with Gasteiger partial charge in [-0.1, -0.05) is 27.5 Å². The Labute approximate surface area is 113 Å². The summed E-state index contributed by atoms with van der Waals surface area (Å²) in [4.78, 5) is 13.6. The quantitative estimate of drug-likeness (QED) is 0.828. The van der Waals surface area contributed by atoms with E-state index < -0.39 is 0 Å². The van der Waals surface area contributed by atoms with Crippen LogP contribution in [0.1, 0.15) is 6.42 Å². The highest BCUT2D eigenvalue weighted by Crippen LogP contribution is 2.30. The fraction of sp³-hybridized carbons (Fsp3) is 0.364. The number of hydrogen-bond acceptors (Lipinski definition) is 2. The van der Waals surface area contributed by atoms with E-state index in [0.717, 1.165) is 22.5 Å². The zero-order chi connectivity index (χ0) is 11.7. The third kappa shape index (κ3) is 2.55. The van der Waals surface area contributed by atoms with E-state index in [2.05, 4.69) is 28.6 Å². The van der Waals surface area contributed by atoms with Crippen molar-refractivity contribution in [1.82, 2.24) is 0 Å². The van der Waals surface area contributed by atoms with Crippen LogP contribution in [0.4, 0.5) is 5.69 Å². The molecule has 0 spiro atoms. The van der Waals surface area contributed by atoms with Gasteiger partial charge in [-0.2, -0.15) is 12.6 Å². The summed E-state index contributed by atoms with van der Waals surface area (Å²) in [5, 5.41) is 0.631. The second-order valence-electron chi connectivity index (χ2n) is 3.88. The number of nitrogens with zero attached hydrogens (tertiary/aromatic N) is 1. The van der Waals surface area contributed by atoms with E-state index >= 15 is 0 Å². The Morgan fingerprint density at radius 2 is 2.25 bits per heavy atom. The van der Waals surface area contributed by atoms with Gasteiger partial charge in [-0.3, -0.25) is 4.79 Å². The lowest BCUT2D eigenvalue weighted by molar-refractivity contribution is -0.117. The van der Waals surface area contributed by atoms with Gasteiger partial charge in [0.15, 0.2) is 0 Å². The molecule has 1 aromatic rings. The molecule has 1 atom stereocenters. The van der Waals surface area contributed by atoms with Crippen molar-refractivity contribution in [1.29, 1.82) is 0 Å². The monoisotopic (exact) mass is 319 g/mol. The predicted molar refractivity (Wildman–Crippen MR) is 73.5 cm³/mol. The molecule has 0 aromatic heterocycles. The largest absolute Gasteiger partial charge is 0.312 e. The van der Waals surface area contributed by atoms with Crippen LogP contribution < -0.4 is 4.90 Å². The molecular weight excluding hydrogens is 310 g/mol. The van der Waals surface area contributed by atoms with Gasteiger partial charge in [0, 0.05) is 28.1 Å². The highest BCUT2D eigenvalue weighted by molar-refractivity contribution is 9.10. The van der Waals surface area contributed by atoms with Gasteiger partial charge >= 0.3 is 0 Å². The standard InChI is InChI=1S/C11H11BrClNOS/c12-8-2-9(13)4-10(3-8)14-5-7(6-16)1-11(14)15/h2-4,7,16H,1,5-6H2. The van der Waals surface area contributed by atoms with Crippen LogP contribution in [0, 0.1) is 5.92 Å². The molecule has 0 aliphatic carbocycles. The molecule has 86 valence electrons. The van der Waals surface area contributed by atoms with Crippen LogP contribution in [0.2, 0.25) is 5.02 Å². The van der Waals surface area contributed by atoms with E-state index in [0.29, 0.717) is 17.4 Å². The molecule has 1 heterocycles. The van der Waals surface area contributed by atoms with Gasteiger partial charge < -0.3 is 4.90 Å². The van der Waals surface area contributed by atoms with Crippen LogP contribution >= 0.6 is 40.2 Å². The van der Waals surface area contributed by atoms with Gasteiger partial charge in [-0.05, 0) is 29.9 Å². The first-order valence-electron chi connectivity index (χ1n) is 4.97. The highest BCUT2D eigenvalue weighted by atomic mass is 79.9. The Bertz CT molecular complexity index is 406. The number of thiol groups is 1. The van der Waals surface area contributed by atoms with Crippen molar-refractivity contribution in [3.05, 3.63) is 27.7 Å². The summed E-state index contributed by atoms with van der Waals surface area (Å²) in [7, 11) is 0. The SMILES string of the molecule is O=C1CC(CS)CN1c1cc(Cl)cc(Br)c1. The summed E-state index contributed by atoms with van der Waals surface area (Å²) < 4.78 is 0.886. The average molecular weight is 321 g/mol. The number of carbonyl (C=O) groups excluding carboxylic acids is 1. The Morgan fingerprint density at radius 3 is 2.81 bits per heavy atom. The molecule has 16 heavy (non-hydrogen) atoms. The molecular formula is C11H11BrClNOS. The van der Waals surface area contributed by atoms with Crippen molar-refractivity contribution in [2.45, 2.75) is 6.42 Å². The minimum absolute atomic E-state index is 0.146. The van der Waals surface area contributed by atoms with Crippen LogP contribution in [0.25, 0.3) is 0 Å². The summed E-state index contributed by atoms with van der Waals surface area (Å²) in [6.07, 6.45) is 0.577. The van der Waals surface area contributed by atoms with Crippen molar-refractivity contribution in [3.63, 3.8) is 0 Å². The van der Waals surface area contributed by atoms with Gasteiger partial charge in [0.1, 0.15) is 0 Å². The number of amides is 1. The number of carbonyl (C=O) groups is 1. The summed E-state index contributed by atoms with van der Waals surface area (Å²) in [6, 6.07) is 5.53. The van der Waals surface area contributed by atoms with Gasteiger partial charge in [0.05, 0.1) is 0 Å². The van der Waals surface area contributed by atoms with E-state index in [-0.39, 0.29) is 5.91 Å². The molecule has 1 unspecified atom stereocenters. The lowest BCUT2D eigenvalue weighted by Crippen LogP contribution is -2.24. The minimum Gasteiger partial charge on any atom is -0.312 e. The average Bonchev–Trinajstić information content (AvgIpc) is 2.58. The second-order valence-corrected chi connectivity index (χ2v) is 5.60. The molecule has 1 amide bonds. The smallest absolute Gasteiger partial charge is 0.227 e. The van der Waals surface area contributed by atoms with Crippen molar-refractivity contribution >= 4 is 51.8 Å². The molecule has 1 aromatic carbocycles. The first-order chi connectivity index (χ1) is 7.60. The Morgan fingerprint density at radius 1 is 1.50 bits per heavy atom. The molecule has 1 fully saturated rings. The Kier molecular flexibility index (Phi) is 3.82. The van der Waals surface area contributed by atoms with Gasteiger partial charge in [-0.25, -0.2) is 0 Å². The van der Waals surface area contributed by atoms with Crippen LogP contribution in [-0.2, 0) is 4.79 Å². The van der Waals surface area contributed by atoms with E-state index in [1.807, 2.05) is 18.2 Å². The molecule has 2 nitrogen and oxygen atoms in total. The van der Waals surface area contributed by atoms with Crippen LogP contribution in [0.5, 0.6) is 0 Å². The molecule has 1 saturated heterocycles. The van der Waals surface area contributed by atoms with Gasteiger partial charge in [-0.15, -0.1) is 0 Å². The van der Waals surface area contributed by atoms with Crippen molar-refractivity contribution in [3.8, 4) is 0 Å². The zero-order valence-corrected chi connectivity index (χ0v) is 11.7. The lowest BCUT2D eigenvalue weighted by Gasteiger charge is -2.17. The number of hydrogen-bond donors (Lipinski definition) is 1. The van der Waals surface area contributed by atoms with Crippen LogP contribution in [0.3, 0.4) is 0 Å². The number of halogens is 2. The number of rotatable bonds is 2. The van der Waals surface area contributed by atoms with E-state index in [1.165, 1.54) is 0 Å². The lowest BCUT2D eigenvalue weighted by atomic mass is 10.1. The molecule has 1 aliphatic rings. The topological polar surface area (TPSA) is 20.3 Å². The van der Waals surface area contributed by atoms with Crippen LogP contribution in [0.15, 0.2) is 22.7 Å². The summed E-state index contributed by atoms with van der Waals surface area (Å²) in [6.45, 7) is 0.731. The third-order valence-electron chi connectivity index (χ3n) is 2.62. The summed E-state index contributed by atoms with van der Waals surface area (Å²) >= 11 is 13.6. The number of anilines is 1. The van der Waals surface area contributed by atoms with E-state index in [9.17, 15) is 4.79 Å². The molecule has 5 heteroatoms. The Hall–Kier alpha value is -0.190. The molecule has 0 saturated carbocycles. The van der Waals surface area contributed by atoms with Crippen molar-refractivity contribution in [2.24, 2.45) is 5.92 Å². The molecule has 0 N–H and O–H groups in total. The fourth-order valence-corrected chi connectivity index (χ4v) is 2.94. The molecule has 2 rings (SSSR count). The maximum absolute atomic E-state index is 11.8. The summed E-state index contributed by atoms with van der Waals surface area (Å²) in [5.41, 5.74) is 0.855. The van der Waals surface area contributed by atoms with Crippen LogP contribution in [-0.4, -0.2) is 18.2 Å². The fourth-order valence-electron chi connectivity index (χ4n) is 1.85. The number of benzene rings is 1. The molecule has 0 radical (unpaired) electrons. The first kappa shape index (κ1) is 12.3. The van der Waals surface area contributed by atoms with E-state index in [4.69, 9.17) is 11.6 Å². The highest BCUT2D eigenvalue weighted by Gasteiger charge is 2.29. The molecule has 0 bridgehead atoms. The molecule has 1 aliphatic heterocycles. The maximum Gasteiger partial charge on any atom is 0.227 e. The minimum atomic E-state index is 0.146. The van der Waals surface area contributed by atoms with Crippen molar-refractivity contribution < 1.29 is 4.79 Å². The third-order valence-corrected chi connectivity index (χ3v) is 3.81. The zero-order valence-electron chi connectivity index (χ0n) is 8.49. The first-order valence-corrected chi connectivity index (χ1v) is 6.78. The summed E-state index contributed by atoms with van der Waals surface area (Å²) in [5.74, 6) is 1.23. The van der Waals surface area contributed by atoms with Crippen molar-refractivity contribution in [2.75, 3.05) is 17.2 Å². The predicted octanol–water partition coefficient (Wildman–Crippen LogP) is 3.39. The maximum atomic E-state index is 11.8. The normalized spacial score (nSPS) is 20.6. The van der Waals surface area contributed by atoms with E-state index in [1.54, 1.807) is 4.90 Å². The van der Waals surface area contributed by atoms with Gasteiger partial charge in [0.2, 0.25) is 5.91 Å². The second kappa shape index (κ2) is 4.98.